The first-order valence-corrected chi connectivity index (χ1v) is 6.54. The van der Waals surface area contributed by atoms with Crippen LogP contribution in [0.4, 0.5) is 0 Å². The Morgan fingerprint density at radius 3 is 2.94 bits per heavy atom. The van der Waals surface area contributed by atoms with Crippen molar-refractivity contribution >= 4 is 0 Å². The van der Waals surface area contributed by atoms with Crippen molar-refractivity contribution in [2.24, 2.45) is 13.0 Å². The van der Waals surface area contributed by atoms with E-state index in [4.69, 9.17) is 4.74 Å². The third-order valence-corrected chi connectivity index (χ3v) is 3.77. The van der Waals surface area contributed by atoms with E-state index >= 15 is 0 Å². The van der Waals surface area contributed by atoms with Crippen molar-refractivity contribution in [2.75, 3.05) is 20.2 Å². The number of hydrogen-bond acceptors (Lipinski definition) is 3. The summed E-state index contributed by atoms with van der Waals surface area (Å²) in [5, 5.41) is 7.81. The highest BCUT2D eigenvalue weighted by Gasteiger charge is 2.35. The molecule has 17 heavy (non-hydrogen) atoms. The fourth-order valence-electron chi connectivity index (χ4n) is 2.64. The Morgan fingerprint density at radius 1 is 1.53 bits per heavy atom. The van der Waals surface area contributed by atoms with Crippen LogP contribution in [-0.2, 0) is 7.05 Å². The van der Waals surface area contributed by atoms with E-state index in [-0.39, 0.29) is 0 Å². The van der Waals surface area contributed by atoms with Gasteiger partial charge in [0.1, 0.15) is 0 Å². The fraction of sp³-hybridized carbons (Fsp3) is 0.769. The molecule has 0 saturated heterocycles. The van der Waals surface area contributed by atoms with Crippen molar-refractivity contribution < 1.29 is 4.74 Å². The number of aryl methyl sites for hydroxylation is 1. The van der Waals surface area contributed by atoms with Crippen molar-refractivity contribution in [2.45, 2.75) is 32.1 Å². The van der Waals surface area contributed by atoms with Crippen LogP contribution in [0.15, 0.2) is 6.20 Å². The molecular weight excluding hydrogens is 214 g/mol. The highest BCUT2D eigenvalue weighted by Crippen LogP contribution is 2.45. The molecule has 2 atom stereocenters. The summed E-state index contributed by atoms with van der Waals surface area (Å²) in [5.41, 5.74) is 1.27. The Kier molecular flexibility index (Phi) is 4.05. The molecule has 4 heteroatoms. The Labute approximate surface area is 103 Å². The molecule has 1 heterocycles. The summed E-state index contributed by atoms with van der Waals surface area (Å²) in [5.74, 6) is 2.30. The fourth-order valence-corrected chi connectivity index (χ4v) is 2.64. The first-order valence-electron chi connectivity index (χ1n) is 6.54. The van der Waals surface area contributed by atoms with Crippen LogP contribution in [-0.4, -0.2) is 30.0 Å². The van der Waals surface area contributed by atoms with Gasteiger partial charge in [0.15, 0.2) is 5.75 Å². The third-order valence-electron chi connectivity index (χ3n) is 3.77. The zero-order chi connectivity index (χ0) is 12.3. The van der Waals surface area contributed by atoms with Crippen LogP contribution in [0, 0.1) is 5.92 Å². The smallest absolute Gasteiger partial charge is 0.160 e. The predicted molar refractivity (Wildman–Crippen MR) is 68.4 cm³/mol. The van der Waals surface area contributed by atoms with Gasteiger partial charge >= 0.3 is 0 Å². The van der Waals surface area contributed by atoms with E-state index in [1.165, 1.54) is 25.0 Å². The lowest BCUT2D eigenvalue weighted by molar-refractivity contribution is 0.230. The van der Waals surface area contributed by atoms with Crippen LogP contribution in [0.3, 0.4) is 0 Å². The second kappa shape index (κ2) is 5.54. The van der Waals surface area contributed by atoms with Crippen molar-refractivity contribution in [3.8, 4) is 5.75 Å². The quantitative estimate of drug-likeness (QED) is 0.768. The minimum atomic E-state index is 0.613. The van der Waals surface area contributed by atoms with E-state index in [1.54, 1.807) is 7.11 Å². The Bertz CT molecular complexity index is 362. The summed E-state index contributed by atoms with van der Waals surface area (Å²) in [6.45, 7) is 4.44. The van der Waals surface area contributed by atoms with E-state index in [1.807, 2.05) is 17.9 Å². The number of nitrogens with zero attached hydrogens (tertiary/aromatic N) is 2. The number of hydrogen-bond donors (Lipinski definition) is 1. The van der Waals surface area contributed by atoms with Gasteiger partial charge in [-0.1, -0.05) is 6.92 Å². The third kappa shape index (κ3) is 2.46. The van der Waals surface area contributed by atoms with Gasteiger partial charge in [-0.15, -0.1) is 0 Å². The Morgan fingerprint density at radius 2 is 2.35 bits per heavy atom. The summed E-state index contributed by atoms with van der Waals surface area (Å²) in [6.07, 6.45) is 5.60. The topological polar surface area (TPSA) is 39.1 Å². The number of methoxy groups -OCH3 is 1. The van der Waals surface area contributed by atoms with Crippen LogP contribution < -0.4 is 10.1 Å². The average molecular weight is 237 g/mol. The SMILES string of the molecule is CCCNCC1CCC1c1c(OC)cnn1C. The monoisotopic (exact) mass is 237 g/mol. The second-order valence-electron chi connectivity index (χ2n) is 4.87. The second-order valence-corrected chi connectivity index (χ2v) is 4.87. The molecule has 1 aliphatic carbocycles. The summed E-state index contributed by atoms with van der Waals surface area (Å²) >= 11 is 0. The summed E-state index contributed by atoms with van der Waals surface area (Å²) < 4.78 is 7.36. The molecule has 0 bridgehead atoms. The average Bonchev–Trinajstić information content (AvgIpc) is 2.65. The van der Waals surface area contributed by atoms with E-state index in [2.05, 4.69) is 17.3 Å². The van der Waals surface area contributed by atoms with Crippen LogP contribution in [0.5, 0.6) is 5.75 Å². The summed E-state index contributed by atoms with van der Waals surface area (Å²) in [6, 6.07) is 0. The van der Waals surface area contributed by atoms with Gasteiger partial charge in [-0.2, -0.15) is 5.10 Å². The first-order chi connectivity index (χ1) is 8.27. The molecule has 1 saturated carbocycles. The van der Waals surface area contributed by atoms with Gasteiger partial charge < -0.3 is 10.1 Å². The van der Waals surface area contributed by atoms with Crippen LogP contribution in [0.25, 0.3) is 0 Å². The van der Waals surface area contributed by atoms with Crippen LogP contribution >= 0.6 is 0 Å². The van der Waals surface area contributed by atoms with Crippen molar-refractivity contribution in [3.05, 3.63) is 11.9 Å². The number of rotatable bonds is 6. The maximum Gasteiger partial charge on any atom is 0.160 e. The van der Waals surface area contributed by atoms with Crippen molar-refractivity contribution in [3.63, 3.8) is 0 Å². The minimum absolute atomic E-state index is 0.613. The van der Waals surface area contributed by atoms with E-state index in [0.717, 1.165) is 24.8 Å². The van der Waals surface area contributed by atoms with Gasteiger partial charge in [0.25, 0.3) is 0 Å². The lowest BCUT2D eigenvalue weighted by Crippen LogP contribution is -2.35. The van der Waals surface area contributed by atoms with Gasteiger partial charge in [0.2, 0.25) is 0 Å². The molecule has 1 N–H and O–H groups in total. The Balaban J connectivity index is 1.99. The number of aromatic nitrogens is 2. The normalized spacial score (nSPS) is 23.5. The lowest BCUT2D eigenvalue weighted by Gasteiger charge is -2.37. The summed E-state index contributed by atoms with van der Waals surface area (Å²) in [7, 11) is 3.73. The standard InChI is InChI=1S/C13H23N3O/c1-4-7-14-8-10-5-6-11(10)13-12(17-3)9-15-16(13)2/h9-11,14H,4-8H2,1-3H3. The molecule has 2 unspecified atom stereocenters. The van der Waals surface area contributed by atoms with E-state index in [0.29, 0.717) is 5.92 Å². The van der Waals surface area contributed by atoms with Gasteiger partial charge in [0, 0.05) is 13.0 Å². The van der Waals surface area contributed by atoms with Crippen molar-refractivity contribution in [1.82, 2.24) is 15.1 Å². The predicted octanol–water partition coefficient (Wildman–Crippen LogP) is 1.92. The molecule has 96 valence electrons. The van der Waals surface area contributed by atoms with Gasteiger partial charge in [-0.3, -0.25) is 4.68 Å². The molecular formula is C13H23N3O. The highest BCUT2D eigenvalue weighted by molar-refractivity contribution is 5.30. The largest absolute Gasteiger partial charge is 0.493 e. The molecule has 0 amide bonds. The van der Waals surface area contributed by atoms with Gasteiger partial charge in [-0.05, 0) is 38.3 Å². The van der Waals surface area contributed by atoms with E-state index in [9.17, 15) is 0 Å². The number of nitrogens with one attached hydrogen (secondary N) is 1. The molecule has 0 aromatic carbocycles. The summed E-state index contributed by atoms with van der Waals surface area (Å²) in [4.78, 5) is 0. The molecule has 1 aliphatic rings. The Hall–Kier alpha value is -1.03. The zero-order valence-electron chi connectivity index (χ0n) is 11.1. The van der Waals surface area contributed by atoms with Crippen LogP contribution in [0.1, 0.15) is 37.8 Å². The van der Waals surface area contributed by atoms with E-state index < -0.39 is 0 Å². The van der Waals surface area contributed by atoms with Crippen molar-refractivity contribution in [1.29, 1.82) is 0 Å². The lowest BCUT2D eigenvalue weighted by atomic mass is 9.71. The molecule has 1 aromatic rings. The molecule has 0 radical (unpaired) electrons. The molecule has 2 rings (SSSR count). The molecule has 1 aromatic heterocycles. The number of ether oxygens (including phenoxy) is 1. The maximum atomic E-state index is 5.39. The van der Waals surface area contributed by atoms with Gasteiger partial charge in [-0.25, -0.2) is 0 Å². The molecule has 0 spiro atoms. The zero-order valence-corrected chi connectivity index (χ0v) is 11.1. The maximum absolute atomic E-state index is 5.39. The van der Waals surface area contributed by atoms with Crippen LogP contribution in [0.2, 0.25) is 0 Å². The molecule has 0 aliphatic heterocycles. The molecule has 1 fully saturated rings. The first kappa shape index (κ1) is 12.4. The minimum Gasteiger partial charge on any atom is -0.493 e. The highest BCUT2D eigenvalue weighted by atomic mass is 16.5. The molecule has 4 nitrogen and oxygen atoms in total. The van der Waals surface area contributed by atoms with Gasteiger partial charge in [0.05, 0.1) is 19.0 Å².